The van der Waals surface area contributed by atoms with Crippen molar-refractivity contribution in [2.24, 2.45) is 0 Å². The molecule has 11 rings (SSSR count). The molecule has 0 fully saturated rings. The summed E-state index contributed by atoms with van der Waals surface area (Å²) in [6.07, 6.45) is 0. The summed E-state index contributed by atoms with van der Waals surface area (Å²) in [6.45, 7) is 0. The highest BCUT2D eigenvalue weighted by atomic mass is 32.1. The molecule has 0 spiro atoms. The van der Waals surface area contributed by atoms with Crippen LogP contribution < -0.4 is 0 Å². The van der Waals surface area contributed by atoms with E-state index in [1.807, 2.05) is 22.7 Å². The molecule has 232 valence electrons. The largest absolute Gasteiger partial charge is 0.135 e. The minimum Gasteiger partial charge on any atom is -0.135 e. The predicted molar refractivity (Wildman–Crippen MR) is 221 cm³/mol. The molecule has 2 heterocycles. The van der Waals surface area contributed by atoms with E-state index in [4.69, 9.17) is 0 Å². The van der Waals surface area contributed by atoms with Crippen LogP contribution in [0.4, 0.5) is 0 Å². The van der Waals surface area contributed by atoms with Crippen LogP contribution in [0, 0.1) is 0 Å². The van der Waals surface area contributed by atoms with Crippen molar-refractivity contribution in [1.29, 1.82) is 0 Å². The van der Waals surface area contributed by atoms with E-state index in [1.54, 1.807) is 0 Å². The van der Waals surface area contributed by atoms with Gasteiger partial charge in [0, 0.05) is 40.3 Å². The lowest BCUT2D eigenvalue weighted by molar-refractivity contribution is 1.63. The Morgan fingerprint density at radius 3 is 1.54 bits per heavy atom. The zero-order valence-electron chi connectivity index (χ0n) is 27.0. The van der Waals surface area contributed by atoms with Gasteiger partial charge in [-0.2, -0.15) is 0 Å². The molecule has 0 atom stereocenters. The number of hydrogen-bond acceptors (Lipinski definition) is 2. The van der Waals surface area contributed by atoms with Gasteiger partial charge in [0.2, 0.25) is 0 Å². The Kier molecular flexibility index (Phi) is 6.09. The van der Waals surface area contributed by atoms with Crippen molar-refractivity contribution in [2.75, 3.05) is 0 Å². The minimum atomic E-state index is 1.23. The molecule has 50 heavy (non-hydrogen) atoms. The third-order valence-corrected chi connectivity index (χ3v) is 12.7. The number of fused-ring (bicyclic) bond motifs is 10. The first-order valence-corrected chi connectivity index (χ1v) is 18.7. The third-order valence-electron chi connectivity index (χ3n) is 10.4. The van der Waals surface area contributed by atoms with Gasteiger partial charge in [0.25, 0.3) is 0 Å². The first-order valence-electron chi connectivity index (χ1n) is 17.1. The van der Waals surface area contributed by atoms with Gasteiger partial charge in [-0.1, -0.05) is 133 Å². The maximum absolute atomic E-state index is 2.44. The van der Waals surface area contributed by atoms with Crippen molar-refractivity contribution in [3.05, 3.63) is 170 Å². The summed E-state index contributed by atoms with van der Waals surface area (Å²) in [4.78, 5) is 0. The Hall–Kier alpha value is -5.80. The summed E-state index contributed by atoms with van der Waals surface area (Å²) in [5.74, 6) is 0. The lowest BCUT2D eigenvalue weighted by Crippen LogP contribution is -1.91. The second-order valence-electron chi connectivity index (χ2n) is 13.2. The van der Waals surface area contributed by atoms with E-state index >= 15 is 0 Å². The number of thiophene rings is 2. The smallest absolute Gasteiger partial charge is 0.0362 e. The van der Waals surface area contributed by atoms with Gasteiger partial charge in [-0.05, 0) is 102 Å². The van der Waals surface area contributed by atoms with E-state index in [-0.39, 0.29) is 0 Å². The van der Waals surface area contributed by atoms with Gasteiger partial charge < -0.3 is 0 Å². The van der Waals surface area contributed by atoms with Crippen molar-refractivity contribution in [3.8, 4) is 33.4 Å². The van der Waals surface area contributed by atoms with Gasteiger partial charge in [-0.25, -0.2) is 0 Å². The third kappa shape index (κ3) is 4.16. The molecule has 2 heteroatoms. The highest BCUT2D eigenvalue weighted by Crippen LogP contribution is 2.46. The molecular formula is C48H28S2. The van der Waals surface area contributed by atoms with Gasteiger partial charge in [0.15, 0.2) is 0 Å². The van der Waals surface area contributed by atoms with Crippen molar-refractivity contribution in [1.82, 2.24) is 0 Å². The first-order chi connectivity index (χ1) is 24.8. The molecule has 0 bridgehead atoms. The van der Waals surface area contributed by atoms with E-state index in [0.717, 1.165) is 0 Å². The SMILES string of the molecule is c1ccc(-c2c3ccccc3c(-c3cccc(-c4ccc5sc6cc7c(cc6c5c4)sc4ccc5ccccc5c47)c3)c3ccccc23)cc1. The molecule has 0 amide bonds. The van der Waals surface area contributed by atoms with Gasteiger partial charge in [0.05, 0.1) is 0 Å². The maximum Gasteiger partial charge on any atom is 0.0362 e. The second kappa shape index (κ2) is 10.9. The molecule has 0 N–H and O–H groups in total. The highest BCUT2D eigenvalue weighted by Gasteiger charge is 2.18. The molecular weight excluding hydrogens is 641 g/mol. The highest BCUT2D eigenvalue weighted by molar-refractivity contribution is 7.27. The monoisotopic (exact) mass is 668 g/mol. The predicted octanol–water partition coefficient (Wildman–Crippen LogP) is 14.9. The summed E-state index contributed by atoms with van der Waals surface area (Å²) in [6, 6.07) is 63.0. The van der Waals surface area contributed by atoms with Crippen LogP contribution in [0.3, 0.4) is 0 Å². The van der Waals surface area contributed by atoms with Crippen LogP contribution in [0.25, 0.3) is 106 Å². The van der Waals surface area contributed by atoms with E-state index in [2.05, 4.69) is 170 Å². The lowest BCUT2D eigenvalue weighted by atomic mass is 9.85. The van der Waals surface area contributed by atoms with Gasteiger partial charge in [0.1, 0.15) is 0 Å². The lowest BCUT2D eigenvalue weighted by Gasteiger charge is -2.18. The fourth-order valence-electron chi connectivity index (χ4n) is 8.20. The van der Waals surface area contributed by atoms with E-state index in [1.165, 1.54) is 106 Å². The summed E-state index contributed by atoms with van der Waals surface area (Å²) in [5, 5.41) is 13.2. The van der Waals surface area contributed by atoms with E-state index in [9.17, 15) is 0 Å². The van der Waals surface area contributed by atoms with Crippen LogP contribution in [-0.2, 0) is 0 Å². The van der Waals surface area contributed by atoms with Gasteiger partial charge in [-0.15, -0.1) is 22.7 Å². The van der Waals surface area contributed by atoms with Crippen LogP contribution >= 0.6 is 22.7 Å². The molecule has 11 aromatic rings. The van der Waals surface area contributed by atoms with Crippen molar-refractivity contribution in [3.63, 3.8) is 0 Å². The number of benzene rings is 9. The molecule has 0 saturated heterocycles. The summed E-state index contributed by atoms with van der Waals surface area (Å²) < 4.78 is 5.39. The van der Waals surface area contributed by atoms with Crippen LogP contribution in [-0.4, -0.2) is 0 Å². The Bertz CT molecular complexity index is 3080. The molecule has 0 unspecified atom stereocenters. The average Bonchev–Trinajstić information content (AvgIpc) is 3.73. The van der Waals surface area contributed by atoms with Crippen LogP contribution in [0.15, 0.2) is 170 Å². The fourth-order valence-corrected chi connectivity index (χ4v) is 10.5. The Labute approximate surface area is 297 Å². The zero-order valence-corrected chi connectivity index (χ0v) is 28.6. The topological polar surface area (TPSA) is 0 Å². The van der Waals surface area contributed by atoms with Crippen molar-refractivity contribution >= 4 is 95.3 Å². The molecule has 0 aliphatic heterocycles. The van der Waals surface area contributed by atoms with Gasteiger partial charge in [-0.3, -0.25) is 0 Å². The molecule has 0 saturated carbocycles. The van der Waals surface area contributed by atoms with E-state index in [0.29, 0.717) is 0 Å². The normalized spacial score (nSPS) is 12.0. The minimum absolute atomic E-state index is 1.23. The van der Waals surface area contributed by atoms with Crippen molar-refractivity contribution < 1.29 is 0 Å². The quantitative estimate of drug-likeness (QED) is 0.164. The summed E-state index contributed by atoms with van der Waals surface area (Å²) in [7, 11) is 0. The standard InChI is InChI=1S/C48H28S2/c1-2-12-30(13-3-1)46-35-17-6-8-19-37(35)47(38-20-9-7-18-36(38)46)33-15-10-14-31(25-33)32-22-23-42-39(26-32)40-27-45-41(28-44(40)49-42)48-34-16-5-4-11-29(34)21-24-43(48)50-45/h1-28H. The van der Waals surface area contributed by atoms with Crippen LogP contribution in [0.1, 0.15) is 0 Å². The number of hydrogen-bond donors (Lipinski definition) is 0. The Morgan fingerprint density at radius 1 is 0.260 bits per heavy atom. The summed E-state index contributed by atoms with van der Waals surface area (Å²) >= 11 is 3.81. The van der Waals surface area contributed by atoms with Gasteiger partial charge >= 0.3 is 0 Å². The summed E-state index contributed by atoms with van der Waals surface area (Å²) in [5.41, 5.74) is 7.56. The Morgan fingerprint density at radius 2 is 0.780 bits per heavy atom. The molecule has 9 aromatic carbocycles. The average molecular weight is 669 g/mol. The second-order valence-corrected chi connectivity index (χ2v) is 15.4. The molecule has 0 radical (unpaired) electrons. The number of rotatable bonds is 3. The first kappa shape index (κ1) is 28.1. The molecule has 0 aliphatic carbocycles. The zero-order chi connectivity index (χ0) is 32.8. The van der Waals surface area contributed by atoms with E-state index < -0.39 is 0 Å². The fraction of sp³-hybridized carbons (Fsp3) is 0. The molecule has 0 nitrogen and oxygen atoms in total. The molecule has 0 aliphatic rings. The maximum atomic E-state index is 2.44. The van der Waals surface area contributed by atoms with Crippen LogP contribution in [0.5, 0.6) is 0 Å². The van der Waals surface area contributed by atoms with Crippen molar-refractivity contribution in [2.45, 2.75) is 0 Å². The van der Waals surface area contributed by atoms with Crippen LogP contribution in [0.2, 0.25) is 0 Å². The Balaban J connectivity index is 1.10. The molecule has 2 aromatic heterocycles.